The molecule has 1 atom stereocenters. The van der Waals surface area contributed by atoms with Gasteiger partial charge in [0.15, 0.2) is 0 Å². The lowest BCUT2D eigenvalue weighted by molar-refractivity contribution is -0.138. The Morgan fingerprint density at radius 2 is 2.19 bits per heavy atom. The van der Waals surface area contributed by atoms with Gasteiger partial charge in [0.25, 0.3) is 0 Å². The fourth-order valence-electron chi connectivity index (χ4n) is 1.63. The number of aromatic nitrogens is 4. The molecule has 2 rings (SSSR count). The number of nitrogens with two attached hydrogens (primary N) is 1. The Morgan fingerprint density at radius 1 is 1.50 bits per heavy atom. The first kappa shape index (κ1) is 10.8. The third-order valence-electron chi connectivity index (χ3n) is 2.57. The number of morpholine rings is 1. The molecule has 0 saturated carbocycles. The van der Waals surface area contributed by atoms with E-state index < -0.39 is 6.04 Å². The number of ether oxygens (including phenoxy) is 1. The predicted molar refractivity (Wildman–Crippen MR) is 54.3 cm³/mol. The summed E-state index contributed by atoms with van der Waals surface area (Å²) in [6, 6.07) is -0.479. The fourth-order valence-corrected chi connectivity index (χ4v) is 1.63. The third kappa shape index (κ3) is 1.96. The number of nitrogen functional groups attached to an aromatic ring is 1. The van der Waals surface area contributed by atoms with Crippen LogP contribution in [0, 0.1) is 0 Å². The molecule has 1 aliphatic rings. The second kappa shape index (κ2) is 4.44. The van der Waals surface area contributed by atoms with Crippen LogP contribution < -0.4 is 5.73 Å². The maximum atomic E-state index is 12.0. The van der Waals surface area contributed by atoms with Crippen molar-refractivity contribution in [1.82, 2.24) is 25.1 Å². The molecule has 0 bridgehead atoms. The van der Waals surface area contributed by atoms with Crippen molar-refractivity contribution in [3.05, 3.63) is 0 Å². The van der Waals surface area contributed by atoms with E-state index in [0.29, 0.717) is 26.3 Å². The van der Waals surface area contributed by atoms with Crippen LogP contribution in [0.15, 0.2) is 0 Å². The molecular weight excluding hydrogens is 212 g/mol. The summed E-state index contributed by atoms with van der Waals surface area (Å²) >= 11 is 0. The maximum Gasteiger partial charge on any atom is 0.247 e. The molecule has 2 heterocycles. The fraction of sp³-hybridized carbons (Fsp3) is 0.750. The number of hydrogen-bond donors (Lipinski definition) is 1. The van der Waals surface area contributed by atoms with E-state index in [-0.39, 0.29) is 11.9 Å². The van der Waals surface area contributed by atoms with Gasteiger partial charge in [-0.3, -0.25) is 4.79 Å². The van der Waals surface area contributed by atoms with Gasteiger partial charge in [-0.25, -0.2) is 0 Å². The first-order valence-electron chi connectivity index (χ1n) is 5.10. The zero-order chi connectivity index (χ0) is 11.5. The molecule has 1 saturated heterocycles. The Kier molecular flexibility index (Phi) is 3.00. The van der Waals surface area contributed by atoms with Gasteiger partial charge >= 0.3 is 0 Å². The average molecular weight is 226 g/mol. The van der Waals surface area contributed by atoms with Gasteiger partial charge in [-0.1, -0.05) is 5.10 Å². The highest BCUT2D eigenvalue weighted by Gasteiger charge is 2.25. The molecule has 8 heteroatoms. The molecule has 0 aromatic carbocycles. The molecule has 1 fully saturated rings. The van der Waals surface area contributed by atoms with Crippen molar-refractivity contribution in [1.29, 1.82) is 0 Å². The first-order chi connectivity index (χ1) is 7.70. The van der Waals surface area contributed by atoms with Crippen LogP contribution in [-0.2, 0) is 9.53 Å². The predicted octanol–water partition coefficient (Wildman–Crippen LogP) is -1.32. The summed E-state index contributed by atoms with van der Waals surface area (Å²) in [6.45, 7) is 4.08. The smallest absolute Gasteiger partial charge is 0.247 e. The van der Waals surface area contributed by atoms with Crippen molar-refractivity contribution >= 4 is 11.9 Å². The van der Waals surface area contributed by atoms with E-state index in [1.807, 2.05) is 0 Å². The minimum Gasteiger partial charge on any atom is -0.378 e. The summed E-state index contributed by atoms with van der Waals surface area (Å²) in [5.74, 6) is 0.108. The van der Waals surface area contributed by atoms with E-state index in [1.165, 1.54) is 4.68 Å². The Bertz CT molecular complexity index is 372. The number of carbonyl (C=O) groups is 1. The van der Waals surface area contributed by atoms with Gasteiger partial charge in [0.05, 0.1) is 13.2 Å². The zero-order valence-electron chi connectivity index (χ0n) is 9.04. The topological polar surface area (TPSA) is 99.2 Å². The summed E-state index contributed by atoms with van der Waals surface area (Å²) < 4.78 is 6.50. The molecule has 0 aliphatic carbocycles. The van der Waals surface area contributed by atoms with Crippen LogP contribution in [0.2, 0.25) is 0 Å². The summed E-state index contributed by atoms with van der Waals surface area (Å²) in [6.07, 6.45) is 0. The van der Waals surface area contributed by atoms with E-state index in [9.17, 15) is 4.79 Å². The number of hydrogen-bond acceptors (Lipinski definition) is 6. The quantitative estimate of drug-likeness (QED) is 0.671. The molecule has 88 valence electrons. The molecule has 2 N–H and O–H groups in total. The van der Waals surface area contributed by atoms with Crippen LogP contribution in [-0.4, -0.2) is 57.3 Å². The molecule has 1 aliphatic heterocycles. The van der Waals surface area contributed by atoms with Crippen LogP contribution in [0.4, 0.5) is 5.95 Å². The number of amides is 1. The average Bonchev–Trinajstić information content (AvgIpc) is 2.75. The van der Waals surface area contributed by atoms with Crippen LogP contribution >= 0.6 is 0 Å². The van der Waals surface area contributed by atoms with Crippen molar-refractivity contribution in [3.8, 4) is 0 Å². The second-order valence-electron chi connectivity index (χ2n) is 3.60. The Hall–Kier alpha value is -1.70. The Balaban J connectivity index is 2.06. The Morgan fingerprint density at radius 3 is 2.75 bits per heavy atom. The zero-order valence-corrected chi connectivity index (χ0v) is 9.04. The highest BCUT2D eigenvalue weighted by molar-refractivity contribution is 5.80. The third-order valence-corrected chi connectivity index (χ3v) is 2.57. The van der Waals surface area contributed by atoms with Crippen molar-refractivity contribution < 1.29 is 9.53 Å². The van der Waals surface area contributed by atoms with Crippen LogP contribution in [0.25, 0.3) is 0 Å². The van der Waals surface area contributed by atoms with E-state index in [1.54, 1.807) is 11.8 Å². The standard InChI is InChI=1S/C8H14N6O2/c1-6(14-8(9)10-11-12-14)7(15)13-2-4-16-5-3-13/h6H,2-5H2,1H3,(H2,9,10,12). The van der Waals surface area contributed by atoms with Gasteiger partial charge in [0, 0.05) is 13.1 Å². The molecule has 8 nitrogen and oxygen atoms in total. The van der Waals surface area contributed by atoms with E-state index in [2.05, 4.69) is 15.5 Å². The number of carbonyl (C=O) groups excluding carboxylic acids is 1. The normalized spacial score (nSPS) is 18.4. The lowest BCUT2D eigenvalue weighted by atomic mass is 10.2. The van der Waals surface area contributed by atoms with Gasteiger partial charge < -0.3 is 15.4 Å². The van der Waals surface area contributed by atoms with Crippen molar-refractivity contribution in [3.63, 3.8) is 0 Å². The molecule has 1 aromatic heterocycles. The largest absolute Gasteiger partial charge is 0.378 e. The van der Waals surface area contributed by atoms with Crippen LogP contribution in [0.3, 0.4) is 0 Å². The van der Waals surface area contributed by atoms with Gasteiger partial charge in [-0.15, -0.1) is 0 Å². The molecule has 0 radical (unpaired) electrons. The number of anilines is 1. The molecule has 1 unspecified atom stereocenters. The van der Waals surface area contributed by atoms with Gasteiger partial charge in [0.1, 0.15) is 6.04 Å². The molecule has 0 spiro atoms. The minimum atomic E-state index is -0.479. The van der Waals surface area contributed by atoms with Crippen molar-refractivity contribution in [2.24, 2.45) is 0 Å². The maximum absolute atomic E-state index is 12.0. The minimum absolute atomic E-state index is 0.0395. The van der Waals surface area contributed by atoms with Gasteiger partial charge in [0.2, 0.25) is 11.9 Å². The van der Waals surface area contributed by atoms with Crippen molar-refractivity contribution in [2.75, 3.05) is 32.0 Å². The Labute approximate surface area is 92.3 Å². The molecular formula is C8H14N6O2. The highest BCUT2D eigenvalue weighted by atomic mass is 16.5. The van der Waals surface area contributed by atoms with Crippen molar-refractivity contribution in [2.45, 2.75) is 13.0 Å². The summed E-state index contributed by atoms with van der Waals surface area (Å²) in [5, 5.41) is 10.6. The van der Waals surface area contributed by atoms with Gasteiger partial charge in [-0.05, 0) is 17.4 Å². The van der Waals surface area contributed by atoms with Gasteiger partial charge in [-0.2, -0.15) is 4.68 Å². The molecule has 1 aromatic rings. The van der Waals surface area contributed by atoms with Crippen LogP contribution in [0.1, 0.15) is 13.0 Å². The summed E-state index contributed by atoms with van der Waals surface area (Å²) in [4.78, 5) is 13.8. The number of rotatable bonds is 2. The summed E-state index contributed by atoms with van der Waals surface area (Å²) in [5.41, 5.74) is 5.54. The van der Waals surface area contributed by atoms with E-state index in [4.69, 9.17) is 10.5 Å². The van der Waals surface area contributed by atoms with E-state index in [0.717, 1.165) is 0 Å². The first-order valence-corrected chi connectivity index (χ1v) is 5.10. The summed E-state index contributed by atoms with van der Waals surface area (Å²) in [7, 11) is 0. The molecule has 1 amide bonds. The SMILES string of the molecule is CC(C(=O)N1CCOCC1)n1nnnc1N. The highest BCUT2D eigenvalue weighted by Crippen LogP contribution is 2.12. The van der Waals surface area contributed by atoms with E-state index >= 15 is 0 Å². The van der Waals surface area contributed by atoms with Crippen LogP contribution in [0.5, 0.6) is 0 Å². The molecule has 16 heavy (non-hydrogen) atoms. The number of tetrazole rings is 1. The second-order valence-corrected chi connectivity index (χ2v) is 3.60. The lowest BCUT2D eigenvalue weighted by Gasteiger charge is -2.29. The lowest BCUT2D eigenvalue weighted by Crippen LogP contribution is -2.44. The monoisotopic (exact) mass is 226 g/mol. The number of nitrogens with zero attached hydrogens (tertiary/aromatic N) is 5.